The molecule has 0 radical (unpaired) electrons. The van der Waals surface area contributed by atoms with Crippen LogP contribution < -0.4 is 5.73 Å². The van der Waals surface area contributed by atoms with Crippen molar-refractivity contribution in [2.45, 2.75) is 45.1 Å². The molecular formula is C12H26N2O. The minimum Gasteiger partial charge on any atom is -0.395 e. The van der Waals surface area contributed by atoms with Crippen LogP contribution in [0.5, 0.6) is 0 Å². The highest BCUT2D eigenvalue weighted by molar-refractivity contribution is 4.73. The van der Waals surface area contributed by atoms with Crippen LogP contribution in [0.2, 0.25) is 0 Å². The zero-order valence-corrected chi connectivity index (χ0v) is 9.99. The molecule has 2 atom stereocenters. The summed E-state index contributed by atoms with van der Waals surface area (Å²) in [5.41, 5.74) is 5.76. The molecule has 1 aliphatic heterocycles. The SMILES string of the molecule is CCCC1CCCN(CC(N)CO)CC1. The number of likely N-dealkylation sites (tertiary alicyclic amines) is 1. The number of hydrogen-bond donors (Lipinski definition) is 2. The second-order valence-corrected chi connectivity index (χ2v) is 4.83. The predicted molar refractivity (Wildman–Crippen MR) is 63.8 cm³/mol. The quantitative estimate of drug-likeness (QED) is 0.723. The van der Waals surface area contributed by atoms with E-state index in [0.29, 0.717) is 0 Å². The predicted octanol–water partition coefficient (Wildman–Crippen LogP) is 1.21. The number of nitrogens with zero attached hydrogens (tertiary/aromatic N) is 1. The Morgan fingerprint density at radius 2 is 2.20 bits per heavy atom. The van der Waals surface area contributed by atoms with Gasteiger partial charge in [-0.25, -0.2) is 0 Å². The summed E-state index contributed by atoms with van der Waals surface area (Å²) in [5.74, 6) is 0.922. The molecule has 0 aromatic rings. The van der Waals surface area contributed by atoms with Gasteiger partial charge in [0, 0.05) is 12.6 Å². The Kier molecular flexibility index (Phi) is 6.22. The lowest BCUT2D eigenvalue weighted by Crippen LogP contribution is -2.40. The summed E-state index contributed by atoms with van der Waals surface area (Å²) >= 11 is 0. The summed E-state index contributed by atoms with van der Waals surface area (Å²) in [7, 11) is 0. The van der Waals surface area contributed by atoms with Gasteiger partial charge in [0.1, 0.15) is 0 Å². The summed E-state index contributed by atoms with van der Waals surface area (Å²) < 4.78 is 0. The highest BCUT2D eigenvalue weighted by Crippen LogP contribution is 2.21. The van der Waals surface area contributed by atoms with Crippen molar-refractivity contribution in [3.63, 3.8) is 0 Å². The van der Waals surface area contributed by atoms with Crippen LogP contribution in [0.1, 0.15) is 39.0 Å². The molecule has 3 nitrogen and oxygen atoms in total. The van der Waals surface area contributed by atoms with Gasteiger partial charge in [-0.3, -0.25) is 0 Å². The zero-order chi connectivity index (χ0) is 11.1. The van der Waals surface area contributed by atoms with Crippen molar-refractivity contribution in [3.05, 3.63) is 0 Å². The Bertz CT molecular complexity index is 164. The van der Waals surface area contributed by atoms with Gasteiger partial charge in [-0.05, 0) is 38.3 Å². The van der Waals surface area contributed by atoms with E-state index in [2.05, 4.69) is 11.8 Å². The van der Waals surface area contributed by atoms with E-state index in [-0.39, 0.29) is 12.6 Å². The molecule has 0 saturated carbocycles. The van der Waals surface area contributed by atoms with Gasteiger partial charge in [0.05, 0.1) is 6.61 Å². The topological polar surface area (TPSA) is 49.5 Å². The maximum atomic E-state index is 8.92. The Morgan fingerprint density at radius 3 is 2.87 bits per heavy atom. The van der Waals surface area contributed by atoms with Gasteiger partial charge in [-0.1, -0.05) is 19.8 Å². The molecule has 15 heavy (non-hydrogen) atoms. The lowest BCUT2D eigenvalue weighted by Gasteiger charge is -2.22. The van der Waals surface area contributed by atoms with Crippen LogP contribution >= 0.6 is 0 Å². The van der Waals surface area contributed by atoms with Crippen molar-refractivity contribution in [3.8, 4) is 0 Å². The molecule has 0 aromatic carbocycles. The van der Waals surface area contributed by atoms with Gasteiger partial charge < -0.3 is 15.7 Å². The maximum absolute atomic E-state index is 8.92. The van der Waals surface area contributed by atoms with Crippen LogP contribution in [0.3, 0.4) is 0 Å². The Morgan fingerprint density at radius 1 is 1.40 bits per heavy atom. The minimum atomic E-state index is -0.0623. The number of nitrogens with two attached hydrogens (primary N) is 1. The van der Waals surface area contributed by atoms with E-state index >= 15 is 0 Å². The van der Waals surface area contributed by atoms with E-state index in [1.165, 1.54) is 38.6 Å². The normalized spacial score (nSPS) is 26.2. The van der Waals surface area contributed by atoms with E-state index in [4.69, 9.17) is 10.8 Å². The van der Waals surface area contributed by atoms with Crippen molar-refractivity contribution < 1.29 is 5.11 Å². The average Bonchev–Trinajstić information content (AvgIpc) is 2.45. The molecule has 1 saturated heterocycles. The third-order valence-electron chi connectivity index (χ3n) is 3.36. The van der Waals surface area contributed by atoms with Crippen LogP contribution in [0.25, 0.3) is 0 Å². The van der Waals surface area contributed by atoms with Gasteiger partial charge >= 0.3 is 0 Å². The van der Waals surface area contributed by atoms with E-state index < -0.39 is 0 Å². The highest BCUT2D eigenvalue weighted by atomic mass is 16.3. The Balaban J connectivity index is 2.26. The summed E-state index contributed by atoms with van der Waals surface area (Å²) in [6.45, 7) is 5.56. The second-order valence-electron chi connectivity index (χ2n) is 4.83. The van der Waals surface area contributed by atoms with Gasteiger partial charge in [-0.2, -0.15) is 0 Å². The number of rotatable bonds is 5. The zero-order valence-electron chi connectivity index (χ0n) is 9.99. The average molecular weight is 214 g/mol. The lowest BCUT2D eigenvalue weighted by atomic mass is 9.96. The molecular weight excluding hydrogens is 188 g/mol. The van der Waals surface area contributed by atoms with Crippen molar-refractivity contribution in [1.82, 2.24) is 4.90 Å². The van der Waals surface area contributed by atoms with E-state index in [1.54, 1.807) is 0 Å². The maximum Gasteiger partial charge on any atom is 0.0595 e. The minimum absolute atomic E-state index is 0.0623. The molecule has 90 valence electrons. The number of aliphatic hydroxyl groups excluding tert-OH is 1. The lowest BCUT2D eigenvalue weighted by molar-refractivity contribution is 0.203. The van der Waals surface area contributed by atoms with Crippen molar-refractivity contribution in [2.75, 3.05) is 26.2 Å². The summed E-state index contributed by atoms with van der Waals surface area (Å²) in [4.78, 5) is 2.41. The number of hydrogen-bond acceptors (Lipinski definition) is 3. The van der Waals surface area contributed by atoms with Crippen LogP contribution in [0.4, 0.5) is 0 Å². The van der Waals surface area contributed by atoms with Crippen LogP contribution in [0.15, 0.2) is 0 Å². The fraction of sp³-hybridized carbons (Fsp3) is 1.00. The highest BCUT2D eigenvalue weighted by Gasteiger charge is 2.17. The fourth-order valence-corrected chi connectivity index (χ4v) is 2.49. The third kappa shape index (κ3) is 4.96. The van der Waals surface area contributed by atoms with Gasteiger partial charge in [-0.15, -0.1) is 0 Å². The molecule has 3 heteroatoms. The molecule has 0 aliphatic carbocycles. The molecule has 0 aromatic heterocycles. The standard InChI is InChI=1S/C12H26N2O/c1-2-4-11-5-3-7-14(8-6-11)9-12(13)10-15/h11-12,15H,2-10,13H2,1H3. The van der Waals surface area contributed by atoms with Crippen LogP contribution in [-0.4, -0.2) is 42.3 Å². The molecule has 1 rings (SSSR count). The van der Waals surface area contributed by atoms with Crippen molar-refractivity contribution in [2.24, 2.45) is 11.7 Å². The van der Waals surface area contributed by atoms with Crippen molar-refractivity contribution >= 4 is 0 Å². The molecule has 1 fully saturated rings. The molecule has 3 N–H and O–H groups in total. The fourth-order valence-electron chi connectivity index (χ4n) is 2.49. The van der Waals surface area contributed by atoms with Gasteiger partial charge in [0.2, 0.25) is 0 Å². The molecule has 1 aliphatic rings. The van der Waals surface area contributed by atoms with Crippen LogP contribution in [0, 0.1) is 5.92 Å². The first-order valence-electron chi connectivity index (χ1n) is 6.35. The molecule has 0 bridgehead atoms. The molecule has 0 spiro atoms. The third-order valence-corrected chi connectivity index (χ3v) is 3.36. The Labute approximate surface area is 93.6 Å². The first-order chi connectivity index (χ1) is 7.26. The molecule has 1 heterocycles. The summed E-state index contributed by atoms with van der Waals surface area (Å²) in [6.07, 6.45) is 6.66. The Hall–Kier alpha value is -0.120. The van der Waals surface area contributed by atoms with E-state index in [0.717, 1.165) is 19.0 Å². The summed E-state index contributed by atoms with van der Waals surface area (Å²) in [5, 5.41) is 8.92. The van der Waals surface area contributed by atoms with Gasteiger partial charge in [0.15, 0.2) is 0 Å². The number of aliphatic hydroxyl groups is 1. The summed E-state index contributed by atoms with van der Waals surface area (Å²) in [6, 6.07) is -0.0623. The second kappa shape index (κ2) is 7.20. The van der Waals surface area contributed by atoms with E-state index in [9.17, 15) is 0 Å². The smallest absolute Gasteiger partial charge is 0.0595 e. The van der Waals surface area contributed by atoms with Gasteiger partial charge in [0.25, 0.3) is 0 Å². The molecule has 2 unspecified atom stereocenters. The first kappa shape index (κ1) is 12.9. The van der Waals surface area contributed by atoms with Crippen molar-refractivity contribution in [1.29, 1.82) is 0 Å². The largest absolute Gasteiger partial charge is 0.395 e. The first-order valence-corrected chi connectivity index (χ1v) is 6.35. The van der Waals surface area contributed by atoms with Crippen LogP contribution in [-0.2, 0) is 0 Å². The monoisotopic (exact) mass is 214 g/mol. The van der Waals surface area contributed by atoms with E-state index in [1.807, 2.05) is 0 Å². The molecule has 0 amide bonds.